The van der Waals surface area contributed by atoms with E-state index in [1.165, 1.54) is 24.3 Å². The van der Waals surface area contributed by atoms with E-state index in [1.54, 1.807) is 0 Å². The first-order chi connectivity index (χ1) is 20.1. The number of aromatic nitrogens is 8. The highest BCUT2D eigenvalue weighted by Crippen LogP contribution is 2.44. The highest BCUT2D eigenvalue weighted by atomic mass is 16.5. The summed E-state index contributed by atoms with van der Waals surface area (Å²) in [4.78, 5) is 117. The Labute approximate surface area is 226 Å². The monoisotopic (exact) mass is 574 g/mol. The van der Waals surface area contributed by atoms with E-state index < -0.39 is 56.8 Å². The molecule has 1 aromatic carbocycles. The van der Waals surface area contributed by atoms with Gasteiger partial charge in [-0.3, -0.25) is 59.0 Å². The first-order valence-corrected chi connectivity index (χ1v) is 12.0. The van der Waals surface area contributed by atoms with Gasteiger partial charge in [-0.05, 0) is 11.1 Å². The molecule has 6 heterocycles. The van der Waals surface area contributed by atoms with E-state index in [9.17, 15) is 38.4 Å². The van der Waals surface area contributed by atoms with E-state index in [1.807, 2.05) is 0 Å². The van der Waals surface area contributed by atoms with Crippen molar-refractivity contribution in [1.29, 1.82) is 0 Å². The number of benzene rings is 1. The lowest BCUT2D eigenvalue weighted by molar-refractivity contribution is 0.404. The lowest BCUT2D eigenvalue weighted by Gasteiger charge is -2.27. The van der Waals surface area contributed by atoms with Crippen molar-refractivity contribution in [3.63, 3.8) is 0 Å². The smallest absolute Gasteiger partial charge is 0.328 e. The Hall–Kier alpha value is -6.46. The van der Waals surface area contributed by atoms with Crippen molar-refractivity contribution < 1.29 is 9.47 Å². The third kappa shape index (κ3) is 3.58. The summed E-state index contributed by atoms with van der Waals surface area (Å²) < 4.78 is 11.0. The minimum Gasteiger partial charge on any atom is -0.423 e. The van der Waals surface area contributed by atoms with Crippen molar-refractivity contribution in [1.82, 2.24) is 39.9 Å². The van der Waals surface area contributed by atoms with Crippen molar-refractivity contribution in [3.05, 3.63) is 141 Å². The Morgan fingerprint density at radius 2 is 0.619 bits per heavy atom. The fourth-order valence-electron chi connectivity index (χ4n) is 5.31. The third-order valence-electron chi connectivity index (χ3n) is 6.94. The maximum absolute atomic E-state index is 12.9. The summed E-state index contributed by atoms with van der Waals surface area (Å²) >= 11 is 0. The molecule has 210 valence electrons. The van der Waals surface area contributed by atoms with Crippen LogP contribution in [-0.2, 0) is 0 Å². The van der Waals surface area contributed by atoms with Crippen LogP contribution in [0.1, 0.15) is 45.2 Å². The summed E-state index contributed by atoms with van der Waals surface area (Å²) in [6.45, 7) is 0. The molecule has 0 unspecified atom stereocenters. The molecule has 0 radical (unpaired) electrons. The summed E-state index contributed by atoms with van der Waals surface area (Å²) in [5.74, 6) is -3.44. The SMILES string of the molecule is O=c1[nH]c2c(c(=O)[nH]1)C(c1ccc(C3c4c([nH]c(=O)[nH]c4=O)Oc4[nH]c(=O)[nH]c(=O)c43)cc1)c1c([nH]c(=O)[nH]c1=O)O2. The molecule has 0 saturated heterocycles. The molecule has 18 heteroatoms. The Kier molecular flexibility index (Phi) is 4.98. The van der Waals surface area contributed by atoms with Crippen LogP contribution in [0.2, 0.25) is 0 Å². The number of ether oxygens (including phenoxy) is 2. The Bertz CT molecular complexity index is 2130. The number of aromatic amines is 8. The number of hydrogen-bond acceptors (Lipinski definition) is 10. The standard InChI is InChI=1S/C24H14N8O10/c33-13-9-7(10-14(34)26-22(38)30-18(10)41-17(9)29-21(37)25-13)5-1-2-6(4-3-5)8-11-15(35)27-23(39)31-19(11)42-20-12(8)16(36)28-24(40)32-20/h1-4,7-8H,(H2,25,29,33,37)(H2,26,30,34,38)(H2,27,31,35,39)(H2,28,32,36,40). The predicted molar refractivity (Wildman–Crippen MR) is 139 cm³/mol. The van der Waals surface area contributed by atoms with Gasteiger partial charge in [0.15, 0.2) is 0 Å². The molecule has 5 aromatic rings. The summed E-state index contributed by atoms with van der Waals surface area (Å²) in [5.41, 5.74) is -6.80. The highest BCUT2D eigenvalue weighted by Gasteiger charge is 2.38. The molecule has 7 rings (SSSR count). The van der Waals surface area contributed by atoms with Crippen LogP contribution >= 0.6 is 0 Å². The average molecular weight is 574 g/mol. The molecule has 0 atom stereocenters. The molecule has 2 aliphatic rings. The summed E-state index contributed by atoms with van der Waals surface area (Å²) in [6, 6.07) is 5.95. The van der Waals surface area contributed by atoms with Crippen LogP contribution in [0.3, 0.4) is 0 Å². The van der Waals surface area contributed by atoms with Gasteiger partial charge in [0, 0.05) is 0 Å². The van der Waals surface area contributed by atoms with Gasteiger partial charge in [0.05, 0.1) is 34.1 Å². The molecule has 0 aliphatic carbocycles. The summed E-state index contributed by atoms with van der Waals surface area (Å²) in [5, 5.41) is 0. The number of nitrogens with one attached hydrogen (secondary N) is 8. The highest BCUT2D eigenvalue weighted by molar-refractivity contribution is 5.56. The van der Waals surface area contributed by atoms with Gasteiger partial charge in [0.25, 0.3) is 22.2 Å². The zero-order valence-corrected chi connectivity index (χ0v) is 20.5. The van der Waals surface area contributed by atoms with Crippen LogP contribution in [-0.4, -0.2) is 39.9 Å². The van der Waals surface area contributed by atoms with Crippen molar-refractivity contribution >= 4 is 0 Å². The van der Waals surface area contributed by atoms with Crippen LogP contribution in [0.15, 0.2) is 62.6 Å². The van der Waals surface area contributed by atoms with E-state index in [2.05, 4.69) is 39.9 Å². The summed E-state index contributed by atoms with van der Waals surface area (Å²) in [6.07, 6.45) is 0. The minimum atomic E-state index is -1.15. The maximum Gasteiger partial charge on any atom is 0.328 e. The second-order valence-electron chi connectivity index (χ2n) is 9.34. The van der Waals surface area contributed by atoms with Gasteiger partial charge in [-0.1, -0.05) is 24.3 Å². The summed E-state index contributed by atoms with van der Waals surface area (Å²) in [7, 11) is 0. The van der Waals surface area contributed by atoms with E-state index in [0.717, 1.165) is 0 Å². The van der Waals surface area contributed by atoms with Crippen molar-refractivity contribution in [2.45, 2.75) is 11.8 Å². The lowest BCUT2D eigenvalue weighted by atomic mass is 9.82. The molecule has 2 aliphatic heterocycles. The van der Waals surface area contributed by atoms with E-state index in [0.29, 0.717) is 11.1 Å². The Morgan fingerprint density at radius 1 is 0.381 bits per heavy atom. The molecule has 0 amide bonds. The van der Waals surface area contributed by atoms with Crippen LogP contribution in [0.25, 0.3) is 0 Å². The van der Waals surface area contributed by atoms with Gasteiger partial charge in [-0.2, -0.15) is 0 Å². The number of fused-ring (bicyclic) bond motifs is 4. The quantitative estimate of drug-likeness (QED) is 0.110. The van der Waals surface area contributed by atoms with E-state index in [4.69, 9.17) is 9.47 Å². The minimum absolute atomic E-state index is 0.128. The molecular weight excluding hydrogens is 560 g/mol. The van der Waals surface area contributed by atoms with Gasteiger partial charge >= 0.3 is 22.8 Å². The van der Waals surface area contributed by atoms with Crippen molar-refractivity contribution in [3.8, 4) is 23.5 Å². The maximum atomic E-state index is 12.9. The average Bonchev–Trinajstić information content (AvgIpc) is 2.90. The van der Waals surface area contributed by atoms with Crippen LogP contribution in [0.5, 0.6) is 23.5 Å². The lowest BCUT2D eigenvalue weighted by Crippen LogP contribution is -2.36. The molecule has 0 saturated carbocycles. The van der Waals surface area contributed by atoms with E-state index >= 15 is 0 Å². The van der Waals surface area contributed by atoms with E-state index in [-0.39, 0.29) is 45.8 Å². The fraction of sp³-hybridized carbons (Fsp3) is 0.0833. The van der Waals surface area contributed by atoms with Crippen LogP contribution in [0, 0.1) is 0 Å². The van der Waals surface area contributed by atoms with Gasteiger partial charge in [-0.15, -0.1) is 0 Å². The third-order valence-corrected chi connectivity index (χ3v) is 6.94. The van der Waals surface area contributed by atoms with Crippen LogP contribution < -0.4 is 54.5 Å². The zero-order valence-electron chi connectivity index (χ0n) is 20.5. The predicted octanol–water partition coefficient (Wildman–Crippen LogP) is -2.24. The largest absolute Gasteiger partial charge is 0.423 e. The van der Waals surface area contributed by atoms with Crippen molar-refractivity contribution in [2.24, 2.45) is 0 Å². The zero-order chi connectivity index (χ0) is 29.4. The normalized spacial score (nSPS) is 13.7. The molecule has 42 heavy (non-hydrogen) atoms. The Balaban J connectivity index is 1.45. The van der Waals surface area contributed by atoms with Gasteiger partial charge in [0.1, 0.15) is 0 Å². The number of rotatable bonds is 2. The Morgan fingerprint density at radius 3 is 0.857 bits per heavy atom. The first kappa shape index (κ1) is 24.6. The number of hydrogen-bond donors (Lipinski definition) is 8. The fourth-order valence-corrected chi connectivity index (χ4v) is 5.31. The molecule has 4 aromatic heterocycles. The van der Waals surface area contributed by atoms with Gasteiger partial charge in [0.2, 0.25) is 23.5 Å². The molecular formula is C24H14N8O10. The second-order valence-corrected chi connectivity index (χ2v) is 9.34. The number of H-pyrrole nitrogens is 8. The topological polar surface area (TPSA) is 281 Å². The molecule has 0 bridgehead atoms. The molecule has 0 fully saturated rings. The molecule has 0 spiro atoms. The second kappa shape index (κ2) is 8.52. The molecule has 18 nitrogen and oxygen atoms in total. The van der Waals surface area contributed by atoms with Gasteiger partial charge in [-0.25, -0.2) is 19.2 Å². The first-order valence-electron chi connectivity index (χ1n) is 12.0. The van der Waals surface area contributed by atoms with Crippen LogP contribution in [0.4, 0.5) is 0 Å². The van der Waals surface area contributed by atoms with Crippen molar-refractivity contribution in [2.75, 3.05) is 0 Å². The molecule has 8 N–H and O–H groups in total. The van der Waals surface area contributed by atoms with Gasteiger partial charge < -0.3 is 9.47 Å².